The topological polar surface area (TPSA) is 45.5 Å². The zero-order chi connectivity index (χ0) is 18.1. The molecule has 0 amide bonds. The summed E-state index contributed by atoms with van der Waals surface area (Å²) in [4.78, 5) is 11.2. The average Bonchev–Trinajstić information content (AvgIpc) is 3.00. The zero-order valence-corrected chi connectivity index (χ0v) is 15.1. The van der Waals surface area contributed by atoms with Crippen LogP contribution in [0.2, 0.25) is 0 Å². The van der Waals surface area contributed by atoms with E-state index < -0.39 is 0 Å². The Bertz CT molecular complexity index is 1050. The van der Waals surface area contributed by atoms with Crippen molar-refractivity contribution in [3.8, 4) is 11.3 Å². The Morgan fingerprint density at radius 2 is 1.81 bits per heavy atom. The van der Waals surface area contributed by atoms with Crippen LogP contribution in [0.4, 0.5) is 17.2 Å². The largest absolute Gasteiger partial charge is 0.378 e. The van der Waals surface area contributed by atoms with Crippen molar-refractivity contribution in [1.82, 2.24) is 14.4 Å². The van der Waals surface area contributed by atoms with E-state index in [4.69, 9.17) is 4.98 Å². The summed E-state index contributed by atoms with van der Waals surface area (Å²) >= 11 is 0. The lowest BCUT2D eigenvalue weighted by atomic mass is 10.1. The van der Waals surface area contributed by atoms with E-state index in [9.17, 15) is 0 Å². The first-order valence-electron chi connectivity index (χ1n) is 8.56. The Morgan fingerprint density at radius 3 is 2.54 bits per heavy atom. The molecule has 26 heavy (non-hydrogen) atoms. The lowest BCUT2D eigenvalue weighted by Gasteiger charge is -2.13. The average molecular weight is 343 g/mol. The Hall–Kier alpha value is -3.34. The van der Waals surface area contributed by atoms with Gasteiger partial charge in [0.05, 0.1) is 0 Å². The molecule has 0 aliphatic heterocycles. The summed E-state index contributed by atoms with van der Waals surface area (Å²) in [5.74, 6) is 1.59. The van der Waals surface area contributed by atoms with Crippen molar-refractivity contribution in [2.24, 2.45) is 0 Å². The highest BCUT2D eigenvalue weighted by molar-refractivity contribution is 5.79. The van der Waals surface area contributed by atoms with Gasteiger partial charge in [-0.05, 0) is 42.8 Å². The van der Waals surface area contributed by atoms with Gasteiger partial charge in [-0.15, -0.1) is 0 Å². The molecule has 4 rings (SSSR count). The van der Waals surface area contributed by atoms with Crippen molar-refractivity contribution in [3.63, 3.8) is 0 Å². The van der Waals surface area contributed by atoms with E-state index in [1.165, 1.54) is 5.56 Å². The van der Waals surface area contributed by atoms with E-state index in [1.54, 1.807) is 6.20 Å². The van der Waals surface area contributed by atoms with Crippen LogP contribution in [0, 0.1) is 6.92 Å². The maximum atomic E-state index is 4.75. The van der Waals surface area contributed by atoms with Crippen molar-refractivity contribution in [2.45, 2.75) is 6.92 Å². The molecule has 0 saturated carbocycles. The highest BCUT2D eigenvalue weighted by atomic mass is 15.2. The molecule has 0 spiro atoms. The fourth-order valence-corrected chi connectivity index (χ4v) is 2.99. The maximum Gasteiger partial charge on any atom is 0.235 e. The zero-order valence-electron chi connectivity index (χ0n) is 15.1. The van der Waals surface area contributed by atoms with E-state index in [-0.39, 0.29) is 0 Å². The molecule has 0 saturated heterocycles. The fourth-order valence-electron chi connectivity index (χ4n) is 2.99. The lowest BCUT2D eigenvalue weighted by Crippen LogP contribution is -2.07. The number of benzene rings is 2. The van der Waals surface area contributed by atoms with E-state index >= 15 is 0 Å². The summed E-state index contributed by atoms with van der Waals surface area (Å²) in [6.45, 7) is 2.09. The second-order valence-corrected chi connectivity index (χ2v) is 6.53. The van der Waals surface area contributed by atoms with Gasteiger partial charge in [-0.1, -0.05) is 24.3 Å². The highest BCUT2D eigenvalue weighted by Gasteiger charge is 2.15. The molecule has 0 radical (unpaired) electrons. The van der Waals surface area contributed by atoms with Gasteiger partial charge in [-0.2, -0.15) is 0 Å². The molecular weight excluding hydrogens is 322 g/mol. The first-order chi connectivity index (χ1) is 12.6. The number of imidazole rings is 1. The van der Waals surface area contributed by atoms with E-state index in [2.05, 4.69) is 64.6 Å². The van der Waals surface area contributed by atoms with Crippen LogP contribution in [0.5, 0.6) is 0 Å². The van der Waals surface area contributed by atoms with Crippen molar-refractivity contribution < 1.29 is 0 Å². The molecule has 2 aromatic carbocycles. The van der Waals surface area contributed by atoms with E-state index in [1.807, 2.05) is 36.8 Å². The number of nitrogens with zero attached hydrogens (tertiary/aromatic N) is 4. The number of aromatic nitrogens is 3. The third-order valence-electron chi connectivity index (χ3n) is 4.34. The molecular formula is C21H21N5. The van der Waals surface area contributed by atoms with Crippen LogP contribution in [0.25, 0.3) is 17.0 Å². The number of hydrogen-bond acceptors (Lipinski definition) is 4. The predicted molar refractivity (Wildman–Crippen MR) is 107 cm³/mol. The van der Waals surface area contributed by atoms with Crippen LogP contribution in [-0.2, 0) is 0 Å². The van der Waals surface area contributed by atoms with Crippen LogP contribution in [0.3, 0.4) is 0 Å². The molecule has 4 aromatic rings. The monoisotopic (exact) mass is 343 g/mol. The summed E-state index contributed by atoms with van der Waals surface area (Å²) in [6, 6.07) is 18.6. The van der Waals surface area contributed by atoms with Gasteiger partial charge in [0.1, 0.15) is 11.5 Å². The molecule has 0 bridgehead atoms. The second kappa shape index (κ2) is 6.52. The molecule has 0 unspecified atom stereocenters. The van der Waals surface area contributed by atoms with Crippen molar-refractivity contribution >= 4 is 23.0 Å². The highest BCUT2D eigenvalue weighted by Crippen LogP contribution is 2.31. The van der Waals surface area contributed by atoms with Gasteiger partial charge in [-0.25, -0.2) is 9.97 Å². The van der Waals surface area contributed by atoms with Crippen LogP contribution in [0.15, 0.2) is 67.0 Å². The van der Waals surface area contributed by atoms with Gasteiger partial charge in [0, 0.05) is 43.4 Å². The maximum absolute atomic E-state index is 4.75. The molecule has 0 atom stereocenters. The number of nitrogens with one attached hydrogen (secondary N) is 1. The van der Waals surface area contributed by atoms with Gasteiger partial charge in [0.25, 0.3) is 0 Å². The van der Waals surface area contributed by atoms with Gasteiger partial charge < -0.3 is 10.2 Å². The molecule has 2 heterocycles. The lowest BCUT2D eigenvalue weighted by molar-refractivity contribution is 1.11. The van der Waals surface area contributed by atoms with E-state index in [0.29, 0.717) is 5.78 Å². The second-order valence-electron chi connectivity index (χ2n) is 6.53. The third kappa shape index (κ3) is 2.99. The number of anilines is 3. The normalized spacial score (nSPS) is 10.9. The SMILES string of the molecule is Cc1cccc(Nc2c(-c3ccc(N(C)C)cc3)nc3ncccn23)c1. The van der Waals surface area contributed by atoms with Gasteiger partial charge >= 0.3 is 0 Å². The van der Waals surface area contributed by atoms with Crippen molar-refractivity contribution in [1.29, 1.82) is 0 Å². The molecule has 0 aliphatic rings. The minimum absolute atomic E-state index is 0.675. The molecule has 2 aromatic heterocycles. The Labute approximate surface area is 153 Å². The molecule has 0 aliphatic carbocycles. The van der Waals surface area contributed by atoms with Gasteiger partial charge in [0.2, 0.25) is 5.78 Å². The van der Waals surface area contributed by atoms with E-state index in [0.717, 1.165) is 28.5 Å². The third-order valence-corrected chi connectivity index (χ3v) is 4.34. The minimum Gasteiger partial charge on any atom is -0.378 e. The van der Waals surface area contributed by atoms with Crippen LogP contribution in [-0.4, -0.2) is 28.5 Å². The standard InChI is InChI=1S/C21H21N5/c1-15-6-4-7-17(14-15)23-20-19(24-21-22-12-5-13-26(20)21)16-8-10-18(11-9-16)25(2)3/h4-14,23H,1-3H3. The first kappa shape index (κ1) is 16.1. The van der Waals surface area contributed by atoms with Gasteiger partial charge in [-0.3, -0.25) is 4.40 Å². The number of fused-ring (bicyclic) bond motifs is 1. The number of rotatable bonds is 4. The van der Waals surface area contributed by atoms with Crippen molar-refractivity contribution in [3.05, 3.63) is 72.6 Å². The summed E-state index contributed by atoms with van der Waals surface area (Å²) in [5.41, 5.74) is 5.33. The Morgan fingerprint density at radius 1 is 1.00 bits per heavy atom. The van der Waals surface area contributed by atoms with Crippen LogP contribution in [0.1, 0.15) is 5.56 Å². The van der Waals surface area contributed by atoms with Gasteiger partial charge in [0.15, 0.2) is 0 Å². The predicted octanol–water partition coefficient (Wildman–Crippen LogP) is 4.51. The van der Waals surface area contributed by atoms with Crippen molar-refractivity contribution in [2.75, 3.05) is 24.3 Å². The molecule has 5 nitrogen and oxygen atoms in total. The van der Waals surface area contributed by atoms with Crippen LogP contribution < -0.4 is 10.2 Å². The Balaban J connectivity index is 1.83. The summed E-state index contributed by atoms with van der Waals surface area (Å²) < 4.78 is 1.98. The number of aryl methyl sites for hydroxylation is 1. The molecule has 0 fully saturated rings. The Kier molecular flexibility index (Phi) is 4.05. The smallest absolute Gasteiger partial charge is 0.235 e. The first-order valence-corrected chi connectivity index (χ1v) is 8.56. The van der Waals surface area contributed by atoms with Crippen LogP contribution >= 0.6 is 0 Å². The molecule has 1 N–H and O–H groups in total. The fraction of sp³-hybridized carbons (Fsp3) is 0.143. The molecule has 130 valence electrons. The molecule has 5 heteroatoms. The summed E-state index contributed by atoms with van der Waals surface area (Å²) in [5, 5.41) is 3.52. The quantitative estimate of drug-likeness (QED) is 0.592. The minimum atomic E-state index is 0.675. The summed E-state index contributed by atoms with van der Waals surface area (Å²) in [7, 11) is 4.07. The summed E-state index contributed by atoms with van der Waals surface area (Å²) in [6.07, 6.45) is 3.74. The number of hydrogen-bond donors (Lipinski definition) is 1.